The number of rotatable bonds is 7. The average Bonchev–Trinajstić information content (AvgIpc) is 3.30. The molecular formula is C23H19Cl2FN4O3. The third-order valence-corrected chi connectivity index (χ3v) is 5.52. The number of aromatic nitrogens is 3. The number of carbonyl (C=O) groups is 1. The summed E-state index contributed by atoms with van der Waals surface area (Å²) in [5, 5.41) is 11.9. The first-order chi connectivity index (χ1) is 15.8. The fourth-order valence-corrected chi connectivity index (χ4v) is 3.58. The number of halogens is 3. The van der Waals surface area contributed by atoms with Crippen LogP contribution in [0.1, 0.15) is 33.1 Å². The van der Waals surface area contributed by atoms with Crippen molar-refractivity contribution in [3.05, 3.63) is 92.7 Å². The number of ether oxygens (including phenoxy) is 1. The Bertz CT molecular complexity index is 1320. The molecule has 0 unspecified atom stereocenters. The second-order valence-corrected chi connectivity index (χ2v) is 8.17. The van der Waals surface area contributed by atoms with Crippen molar-refractivity contribution in [3.63, 3.8) is 0 Å². The lowest BCUT2D eigenvalue weighted by Gasteiger charge is -2.07. The summed E-state index contributed by atoms with van der Waals surface area (Å²) in [7, 11) is 0. The molecule has 0 aliphatic carbocycles. The number of anilines is 1. The van der Waals surface area contributed by atoms with Gasteiger partial charge in [0.2, 0.25) is 0 Å². The van der Waals surface area contributed by atoms with Crippen molar-refractivity contribution >= 4 is 34.9 Å². The van der Waals surface area contributed by atoms with Crippen LogP contribution in [0.15, 0.2) is 53.1 Å². The molecule has 33 heavy (non-hydrogen) atoms. The molecule has 0 aliphatic heterocycles. The maximum atomic E-state index is 13.3. The molecule has 2 aromatic heterocycles. The van der Waals surface area contributed by atoms with Crippen LogP contribution in [0.4, 0.5) is 10.2 Å². The number of benzene rings is 2. The minimum atomic E-state index is -0.485. The fraction of sp³-hybridized carbons (Fsp3) is 0.174. The van der Waals surface area contributed by atoms with Crippen LogP contribution in [0.3, 0.4) is 0 Å². The van der Waals surface area contributed by atoms with Crippen LogP contribution in [-0.2, 0) is 13.2 Å². The lowest BCUT2D eigenvalue weighted by Crippen LogP contribution is -2.16. The van der Waals surface area contributed by atoms with Crippen molar-refractivity contribution in [2.24, 2.45) is 0 Å². The number of hydrogen-bond donors (Lipinski definition) is 1. The maximum Gasteiger partial charge on any atom is 0.279 e. The van der Waals surface area contributed by atoms with E-state index in [1.165, 1.54) is 12.1 Å². The van der Waals surface area contributed by atoms with Gasteiger partial charge in [-0.15, -0.1) is 0 Å². The van der Waals surface area contributed by atoms with Gasteiger partial charge in [0.05, 0.1) is 12.1 Å². The Morgan fingerprint density at radius 2 is 2.00 bits per heavy atom. The van der Waals surface area contributed by atoms with Crippen LogP contribution >= 0.6 is 23.2 Å². The predicted octanol–water partition coefficient (Wildman–Crippen LogP) is 5.81. The molecule has 0 bridgehead atoms. The van der Waals surface area contributed by atoms with Gasteiger partial charge in [-0.1, -0.05) is 40.5 Å². The third-order valence-electron chi connectivity index (χ3n) is 4.94. The topological polar surface area (TPSA) is 82.2 Å². The Morgan fingerprint density at radius 1 is 1.18 bits per heavy atom. The molecule has 2 heterocycles. The van der Waals surface area contributed by atoms with Crippen molar-refractivity contribution in [2.75, 3.05) is 5.32 Å². The van der Waals surface area contributed by atoms with E-state index in [-0.39, 0.29) is 12.3 Å². The summed E-state index contributed by atoms with van der Waals surface area (Å²) in [5.41, 5.74) is 2.10. The standard InChI is InChI=1S/C23H19Cl2FN4O3/c1-13-8-21(28-30(13)11-15-6-7-17(26)10-20(15)25)27-23(31)22-19(14(2)33-29-22)12-32-18-5-3-4-16(24)9-18/h3-10H,11-12H2,1-2H3,(H,27,28,31). The van der Waals surface area contributed by atoms with E-state index in [2.05, 4.69) is 15.6 Å². The van der Waals surface area contributed by atoms with Crippen molar-refractivity contribution < 1.29 is 18.4 Å². The molecule has 4 rings (SSSR count). The highest BCUT2D eigenvalue weighted by molar-refractivity contribution is 6.31. The SMILES string of the molecule is Cc1onc(C(=O)Nc2cc(C)n(Cc3ccc(F)cc3Cl)n2)c1COc1cccc(Cl)c1. The van der Waals surface area contributed by atoms with Gasteiger partial charge >= 0.3 is 0 Å². The zero-order valence-electron chi connectivity index (χ0n) is 17.7. The Morgan fingerprint density at radius 3 is 2.76 bits per heavy atom. The second kappa shape index (κ2) is 9.64. The number of nitrogens with zero attached hydrogens (tertiary/aromatic N) is 3. The van der Waals surface area contributed by atoms with Gasteiger partial charge in [0.15, 0.2) is 11.5 Å². The number of nitrogens with one attached hydrogen (secondary N) is 1. The highest BCUT2D eigenvalue weighted by atomic mass is 35.5. The lowest BCUT2D eigenvalue weighted by atomic mass is 10.2. The summed E-state index contributed by atoms with van der Waals surface area (Å²) in [5.74, 6) is 0.462. The van der Waals surface area contributed by atoms with E-state index in [9.17, 15) is 9.18 Å². The van der Waals surface area contributed by atoms with E-state index >= 15 is 0 Å². The smallest absolute Gasteiger partial charge is 0.279 e. The quantitative estimate of drug-likeness (QED) is 0.354. The maximum absolute atomic E-state index is 13.3. The van der Waals surface area contributed by atoms with Gasteiger partial charge in [-0.05, 0) is 49.7 Å². The molecule has 2 aromatic carbocycles. The molecule has 0 atom stereocenters. The summed E-state index contributed by atoms with van der Waals surface area (Å²) < 4.78 is 25.9. The van der Waals surface area contributed by atoms with Crippen molar-refractivity contribution in [1.82, 2.24) is 14.9 Å². The van der Waals surface area contributed by atoms with Gasteiger partial charge in [-0.25, -0.2) is 4.39 Å². The molecule has 1 amide bonds. The first-order valence-corrected chi connectivity index (χ1v) is 10.7. The molecule has 0 radical (unpaired) electrons. The molecule has 0 saturated heterocycles. The van der Waals surface area contributed by atoms with Gasteiger partial charge in [0, 0.05) is 21.8 Å². The zero-order chi connectivity index (χ0) is 23.5. The summed E-state index contributed by atoms with van der Waals surface area (Å²) >= 11 is 12.1. The lowest BCUT2D eigenvalue weighted by molar-refractivity contribution is 0.101. The molecule has 170 valence electrons. The van der Waals surface area contributed by atoms with E-state index in [1.807, 2.05) is 6.92 Å². The van der Waals surface area contributed by atoms with Gasteiger partial charge in [0.1, 0.15) is 23.9 Å². The molecule has 0 spiro atoms. The van der Waals surface area contributed by atoms with Crippen molar-refractivity contribution in [1.29, 1.82) is 0 Å². The molecule has 0 fully saturated rings. The van der Waals surface area contributed by atoms with Crippen molar-refractivity contribution in [3.8, 4) is 5.75 Å². The van der Waals surface area contributed by atoms with Crippen LogP contribution in [0.5, 0.6) is 5.75 Å². The number of aryl methyl sites for hydroxylation is 2. The molecule has 0 aliphatic rings. The largest absolute Gasteiger partial charge is 0.489 e. The summed E-state index contributed by atoms with van der Waals surface area (Å²) in [6, 6.07) is 12.8. The first kappa shape index (κ1) is 22.8. The summed E-state index contributed by atoms with van der Waals surface area (Å²) in [6.45, 7) is 3.94. The van der Waals surface area contributed by atoms with Gasteiger partial charge in [0.25, 0.3) is 5.91 Å². The van der Waals surface area contributed by atoms with Crippen LogP contribution < -0.4 is 10.1 Å². The predicted molar refractivity (Wildman–Crippen MR) is 122 cm³/mol. The van der Waals surface area contributed by atoms with E-state index in [4.69, 9.17) is 32.5 Å². The normalized spacial score (nSPS) is 10.9. The first-order valence-electron chi connectivity index (χ1n) is 9.93. The van der Waals surface area contributed by atoms with Gasteiger partial charge < -0.3 is 14.6 Å². The molecule has 0 saturated carbocycles. The number of amides is 1. The van der Waals surface area contributed by atoms with E-state index in [0.717, 1.165) is 5.69 Å². The molecule has 7 nitrogen and oxygen atoms in total. The Labute approximate surface area is 199 Å². The third kappa shape index (κ3) is 5.35. The highest BCUT2D eigenvalue weighted by Crippen LogP contribution is 2.23. The average molecular weight is 489 g/mol. The Kier molecular flexibility index (Phi) is 6.67. The zero-order valence-corrected chi connectivity index (χ0v) is 19.2. The van der Waals surface area contributed by atoms with E-state index in [0.29, 0.717) is 45.0 Å². The van der Waals surface area contributed by atoms with Crippen LogP contribution in [-0.4, -0.2) is 20.8 Å². The van der Waals surface area contributed by atoms with Gasteiger partial charge in [-0.2, -0.15) is 5.10 Å². The molecule has 1 N–H and O–H groups in total. The van der Waals surface area contributed by atoms with Gasteiger partial charge in [-0.3, -0.25) is 9.48 Å². The molecular weight excluding hydrogens is 470 g/mol. The number of hydrogen-bond acceptors (Lipinski definition) is 5. The fourth-order valence-electron chi connectivity index (χ4n) is 3.17. The summed E-state index contributed by atoms with van der Waals surface area (Å²) in [6.07, 6.45) is 0. The van der Waals surface area contributed by atoms with Crippen LogP contribution in [0.25, 0.3) is 0 Å². The van der Waals surface area contributed by atoms with Crippen molar-refractivity contribution in [2.45, 2.75) is 27.0 Å². The van der Waals surface area contributed by atoms with E-state index < -0.39 is 11.7 Å². The monoisotopic (exact) mass is 488 g/mol. The summed E-state index contributed by atoms with van der Waals surface area (Å²) in [4.78, 5) is 12.9. The number of carbonyl (C=O) groups excluding carboxylic acids is 1. The molecule has 10 heteroatoms. The Balaban J connectivity index is 1.47. The van der Waals surface area contributed by atoms with Crippen LogP contribution in [0.2, 0.25) is 10.0 Å². The minimum Gasteiger partial charge on any atom is -0.489 e. The van der Waals surface area contributed by atoms with Crippen LogP contribution in [0, 0.1) is 19.7 Å². The molecule has 4 aromatic rings. The second-order valence-electron chi connectivity index (χ2n) is 7.33. The minimum absolute atomic E-state index is 0.0783. The van der Waals surface area contributed by atoms with E-state index in [1.54, 1.807) is 48.0 Å². The highest BCUT2D eigenvalue weighted by Gasteiger charge is 2.22. The Hall–Kier alpha value is -3.36.